The molecule has 0 saturated carbocycles. The molecule has 0 aliphatic carbocycles. The highest BCUT2D eigenvalue weighted by molar-refractivity contribution is 7.89. The Morgan fingerprint density at radius 2 is 1.70 bits per heavy atom. The first-order valence-electron chi connectivity index (χ1n) is 8.80. The number of furan rings is 1. The Hall–Kier alpha value is -2.95. The molecule has 3 rings (SSSR count). The van der Waals surface area contributed by atoms with E-state index in [0.717, 1.165) is 18.2 Å². The molecule has 0 atom stereocenters. The molecule has 0 spiro atoms. The molecule has 3 aromatic rings. The highest BCUT2D eigenvalue weighted by Gasteiger charge is 2.32. The van der Waals surface area contributed by atoms with Crippen molar-refractivity contribution < 1.29 is 27.2 Å². The normalized spacial score (nSPS) is 11.3. The minimum atomic E-state index is -4.30. The molecule has 0 bridgehead atoms. The topological polar surface area (TPSA) is 115 Å². The van der Waals surface area contributed by atoms with Crippen molar-refractivity contribution >= 4 is 33.2 Å². The number of nitrogens with one attached hydrogen (secondary N) is 2. The second-order valence-electron chi connectivity index (χ2n) is 6.50. The van der Waals surface area contributed by atoms with Crippen LogP contribution in [0, 0.1) is 20.8 Å². The Bertz CT molecular complexity index is 1210. The zero-order chi connectivity index (χ0) is 22.1. The zero-order valence-corrected chi connectivity index (χ0v) is 18.4. The quantitative estimate of drug-likeness (QED) is 0.441. The molecule has 0 saturated heterocycles. The van der Waals surface area contributed by atoms with Crippen molar-refractivity contribution in [1.82, 2.24) is 10.3 Å². The number of amides is 1. The lowest BCUT2D eigenvalue weighted by Crippen LogP contribution is -2.42. The van der Waals surface area contributed by atoms with Crippen LogP contribution in [0.25, 0.3) is 11.1 Å². The van der Waals surface area contributed by atoms with Crippen LogP contribution in [-0.2, 0) is 14.8 Å². The van der Waals surface area contributed by atoms with Crippen LogP contribution in [0.3, 0.4) is 0 Å². The highest BCUT2D eigenvalue weighted by atomic mass is 32.2. The molecule has 2 N–H and O–H groups in total. The van der Waals surface area contributed by atoms with Gasteiger partial charge >= 0.3 is 5.97 Å². The molecule has 8 nitrogen and oxygen atoms in total. The van der Waals surface area contributed by atoms with Crippen LogP contribution in [-0.4, -0.2) is 27.4 Å². The van der Waals surface area contributed by atoms with Crippen molar-refractivity contribution in [2.75, 3.05) is 7.11 Å². The molecule has 30 heavy (non-hydrogen) atoms. The predicted octanol–water partition coefficient (Wildman–Crippen LogP) is 3.34. The standard InChI is InChI=1S/C20H20N2O6S2/c1-11-5-7-14(8-6-11)15-9-10-29-17(15)19(23)21-22-30(25,26)18-13(3)28-12(2)16(18)20(24)27-4/h5-10,22H,1-4H3,(H,21,23). The molecule has 0 radical (unpaired) electrons. The zero-order valence-electron chi connectivity index (χ0n) is 16.7. The smallest absolute Gasteiger partial charge is 0.342 e. The van der Waals surface area contributed by atoms with E-state index in [1.54, 1.807) is 11.4 Å². The summed E-state index contributed by atoms with van der Waals surface area (Å²) in [4.78, 5) is 26.7. The van der Waals surface area contributed by atoms with E-state index in [1.807, 2.05) is 36.0 Å². The summed E-state index contributed by atoms with van der Waals surface area (Å²) in [6, 6.07) is 9.42. The maximum atomic E-state index is 12.8. The fraction of sp³-hybridized carbons (Fsp3) is 0.200. The SMILES string of the molecule is COC(=O)c1c(C)oc(C)c1S(=O)(=O)NNC(=O)c1sccc1-c1ccc(C)cc1. The first-order valence-corrected chi connectivity index (χ1v) is 11.2. The van der Waals surface area contributed by atoms with Gasteiger partial charge in [-0.25, -0.2) is 13.2 Å². The maximum absolute atomic E-state index is 12.8. The van der Waals surface area contributed by atoms with E-state index in [4.69, 9.17) is 4.42 Å². The van der Waals surface area contributed by atoms with Gasteiger partial charge in [0.05, 0.1) is 7.11 Å². The molecular weight excluding hydrogens is 428 g/mol. The first kappa shape index (κ1) is 21.8. The van der Waals surface area contributed by atoms with E-state index in [1.165, 1.54) is 25.2 Å². The summed E-state index contributed by atoms with van der Waals surface area (Å²) < 4.78 is 35.5. The molecule has 10 heteroatoms. The lowest BCUT2D eigenvalue weighted by molar-refractivity contribution is 0.0594. The van der Waals surface area contributed by atoms with Crippen molar-refractivity contribution in [2.45, 2.75) is 25.7 Å². The van der Waals surface area contributed by atoms with E-state index < -0.39 is 21.9 Å². The number of ether oxygens (including phenoxy) is 1. The molecule has 0 fully saturated rings. The number of aryl methyl sites for hydroxylation is 3. The summed E-state index contributed by atoms with van der Waals surface area (Å²) in [5.41, 5.74) is 4.59. The van der Waals surface area contributed by atoms with E-state index in [0.29, 0.717) is 10.4 Å². The number of hydrazine groups is 1. The average molecular weight is 449 g/mol. The Morgan fingerprint density at radius 3 is 2.33 bits per heavy atom. The number of sulfonamides is 1. The third-order valence-electron chi connectivity index (χ3n) is 4.40. The lowest BCUT2D eigenvalue weighted by atomic mass is 10.1. The molecule has 2 heterocycles. The number of hydrogen-bond donors (Lipinski definition) is 2. The molecule has 0 unspecified atom stereocenters. The summed E-state index contributed by atoms with van der Waals surface area (Å²) in [5, 5.41) is 1.75. The highest BCUT2D eigenvalue weighted by Crippen LogP contribution is 2.29. The van der Waals surface area contributed by atoms with Crippen molar-refractivity contribution in [3.63, 3.8) is 0 Å². The Kier molecular flexibility index (Phi) is 6.11. The van der Waals surface area contributed by atoms with Gasteiger partial charge in [0.25, 0.3) is 15.9 Å². The van der Waals surface area contributed by atoms with Gasteiger partial charge in [-0.2, -0.15) is 0 Å². The summed E-state index contributed by atoms with van der Waals surface area (Å²) >= 11 is 1.18. The number of methoxy groups -OCH3 is 1. The predicted molar refractivity (Wildman–Crippen MR) is 112 cm³/mol. The van der Waals surface area contributed by atoms with Crippen LogP contribution in [0.4, 0.5) is 0 Å². The largest absolute Gasteiger partial charge is 0.465 e. The summed E-state index contributed by atoms with van der Waals surface area (Å²) in [5.74, 6) is -1.37. The van der Waals surface area contributed by atoms with Crippen molar-refractivity contribution in [2.24, 2.45) is 0 Å². The number of hydrogen-bond acceptors (Lipinski definition) is 7. The average Bonchev–Trinajstić information content (AvgIpc) is 3.30. The van der Waals surface area contributed by atoms with Crippen molar-refractivity contribution in [1.29, 1.82) is 0 Å². The molecule has 1 amide bonds. The van der Waals surface area contributed by atoms with Crippen LogP contribution in [0.5, 0.6) is 0 Å². The van der Waals surface area contributed by atoms with Gasteiger partial charge in [-0.05, 0) is 37.8 Å². The Morgan fingerprint density at radius 1 is 1.03 bits per heavy atom. The minimum absolute atomic E-state index is 0.00566. The van der Waals surface area contributed by atoms with Gasteiger partial charge < -0.3 is 9.15 Å². The third kappa shape index (κ3) is 4.16. The summed E-state index contributed by atoms with van der Waals surface area (Å²) in [6.45, 7) is 4.82. The Labute approximate surface area is 177 Å². The second kappa shape index (κ2) is 8.42. The van der Waals surface area contributed by atoms with E-state index in [9.17, 15) is 18.0 Å². The molecule has 158 valence electrons. The third-order valence-corrected chi connectivity index (χ3v) is 6.71. The lowest BCUT2D eigenvalue weighted by Gasteiger charge is -2.10. The number of rotatable bonds is 6. The maximum Gasteiger partial charge on any atom is 0.342 e. The van der Waals surface area contributed by atoms with Crippen LogP contribution in [0.2, 0.25) is 0 Å². The molecule has 0 aliphatic rings. The summed E-state index contributed by atoms with van der Waals surface area (Å²) in [7, 11) is -3.16. The molecular formula is C20H20N2O6S2. The number of thiophene rings is 1. The minimum Gasteiger partial charge on any atom is -0.465 e. The monoisotopic (exact) mass is 448 g/mol. The molecule has 1 aromatic carbocycles. The number of esters is 1. The number of carbonyl (C=O) groups is 2. The van der Waals surface area contributed by atoms with Crippen molar-refractivity contribution in [3.8, 4) is 11.1 Å². The van der Waals surface area contributed by atoms with E-state index in [-0.39, 0.29) is 22.0 Å². The van der Waals surface area contributed by atoms with Crippen LogP contribution >= 0.6 is 11.3 Å². The number of benzene rings is 1. The second-order valence-corrected chi connectivity index (χ2v) is 9.03. The van der Waals surface area contributed by atoms with Gasteiger partial charge in [-0.15, -0.1) is 16.2 Å². The first-order chi connectivity index (χ1) is 14.2. The molecule has 0 aliphatic heterocycles. The van der Waals surface area contributed by atoms with Crippen LogP contribution in [0.15, 0.2) is 45.0 Å². The van der Waals surface area contributed by atoms with Crippen LogP contribution in [0.1, 0.15) is 37.1 Å². The number of carbonyl (C=O) groups excluding carboxylic acids is 2. The van der Waals surface area contributed by atoms with Gasteiger partial charge in [-0.1, -0.05) is 29.8 Å². The molecule has 2 aromatic heterocycles. The fourth-order valence-corrected chi connectivity index (χ4v) is 5.05. The Balaban J connectivity index is 1.85. The van der Waals surface area contributed by atoms with Gasteiger partial charge in [0, 0.05) is 5.56 Å². The van der Waals surface area contributed by atoms with Gasteiger partial charge in [0.15, 0.2) is 0 Å². The van der Waals surface area contributed by atoms with Crippen LogP contribution < -0.4 is 10.3 Å². The van der Waals surface area contributed by atoms with Gasteiger partial charge in [0.1, 0.15) is 26.9 Å². The summed E-state index contributed by atoms with van der Waals surface area (Å²) in [6.07, 6.45) is 0. The van der Waals surface area contributed by atoms with Gasteiger partial charge in [-0.3, -0.25) is 10.2 Å². The van der Waals surface area contributed by atoms with Crippen molar-refractivity contribution in [3.05, 3.63) is 63.2 Å². The fourth-order valence-electron chi connectivity index (χ4n) is 2.99. The van der Waals surface area contributed by atoms with Gasteiger partial charge in [0.2, 0.25) is 0 Å². The van der Waals surface area contributed by atoms with E-state index >= 15 is 0 Å². The van der Waals surface area contributed by atoms with E-state index in [2.05, 4.69) is 10.2 Å².